The summed E-state index contributed by atoms with van der Waals surface area (Å²) in [7, 11) is 0. The first-order valence-corrected chi connectivity index (χ1v) is 21.5. The van der Waals surface area contributed by atoms with Gasteiger partial charge in [0.15, 0.2) is 0 Å². The highest BCUT2D eigenvalue weighted by molar-refractivity contribution is 6.08. The molecule has 2 aliphatic carbocycles. The summed E-state index contributed by atoms with van der Waals surface area (Å²) in [6.07, 6.45) is 5.94. The number of anilines is 5. The summed E-state index contributed by atoms with van der Waals surface area (Å²) in [4.78, 5) is 5.28. The first-order valence-electron chi connectivity index (χ1n) is 21.5. The third-order valence-electron chi connectivity index (χ3n) is 13.0. The third kappa shape index (κ3) is 6.50. The van der Waals surface area contributed by atoms with Crippen LogP contribution in [0.1, 0.15) is 118 Å². The second kappa shape index (κ2) is 14.8. The molecule has 0 saturated carbocycles. The molecule has 2 nitrogen and oxygen atoms in total. The molecule has 0 aromatic heterocycles. The standard InChI is InChI=1S/C56H62N2/c1-31(2)45-29-47-51(57(49-19-15-33(5)23-37(49)9)55-39(11)25-35(7)26-40(55)12)22-18-44-46(32(3)4)30-48-52(21-17-43(45)53(48)54(44)47)58(50-20-16-34(6)24-38(50)10)56-41(13)27-36(8)28-42(56)14/h15-29,31-32,51H,30H2,1-14H3. The van der Waals surface area contributed by atoms with Crippen molar-refractivity contribution in [3.05, 3.63) is 174 Å². The number of benzene rings is 6. The fourth-order valence-electron chi connectivity index (χ4n) is 10.7. The monoisotopic (exact) mass is 762 g/mol. The molecular formula is C56H62N2. The molecule has 6 aromatic carbocycles. The Morgan fingerprint density at radius 2 is 1.03 bits per heavy atom. The number of hydrogen-bond acceptors (Lipinski definition) is 2. The molecule has 0 heterocycles. The predicted molar refractivity (Wildman–Crippen MR) is 252 cm³/mol. The van der Waals surface area contributed by atoms with E-state index in [-0.39, 0.29) is 6.04 Å². The van der Waals surface area contributed by atoms with E-state index < -0.39 is 0 Å². The molecule has 2 aliphatic rings. The van der Waals surface area contributed by atoms with Crippen molar-refractivity contribution in [3.63, 3.8) is 0 Å². The van der Waals surface area contributed by atoms with Gasteiger partial charge in [-0.05, 0) is 178 Å². The Morgan fingerprint density at radius 3 is 1.57 bits per heavy atom. The fraction of sp³-hybridized carbons (Fsp3) is 0.321. The van der Waals surface area contributed by atoms with Gasteiger partial charge in [-0.2, -0.15) is 0 Å². The summed E-state index contributed by atoms with van der Waals surface area (Å²) in [5.74, 6) is 0.739. The van der Waals surface area contributed by atoms with E-state index in [1.165, 1.54) is 128 Å². The van der Waals surface area contributed by atoms with E-state index in [0.29, 0.717) is 11.8 Å². The lowest BCUT2D eigenvalue weighted by Gasteiger charge is -2.41. The van der Waals surface area contributed by atoms with Gasteiger partial charge in [-0.1, -0.05) is 128 Å². The molecule has 0 spiro atoms. The van der Waals surface area contributed by atoms with Crippen molar-refractivity contribution in [2.45, 2.75) is 115 Å². The second-order valence-electron chi connectivity index (χ2n) is 18.4. The van der Waals surface area contributed by atoms with E-state index >= 15 is 0 Å². The van der Waals surface area contributed by atoms with Crippen molar-refractivity contribution in [3.8, 4) is 0 Å². The Bertz CT molecular complexity index is 2670. The number of nitrogens with zero attached hydrogens (tertiary/aromatic N) is 2. The Kier molecular flexibility index (Phi) is 10.1. The summed E-state index contributed by atoms with van der Waals surface area (Å²) < 4.78 is 0. The quantitative estimate of drug-likeness (QED) is 0.152. The van der Waals surface area contributed by atoms with Crippen LogP contribution in [0.3, 0.4) is 0 Å². The van der Waals surface area contributed by atoms with Gasteiger partial charge in [0.05, 0.1) is 17.4 Å². The lowest BCUT2D eigenvalue weighted by atomic mass is 9.72. The molecule has 0 saturated heterocycles. The van der Waals surface area contributed by atoms with E-state index in [9.17, 15) is 0 Å². The van der Waals surface area contributed by atoms with Gasteiger partial charge in [-0.25, -0.2) is 0 Å². The van der Waals surface area contributed by atoms with Crippen LogP contribution in [0.2, 0.25) is 0 Å². The molecule has 0 bridgehead atoms. The van der Waals surface area contributed by atoms with Crippen molar-refractivity contribution in [1.29, 1.82) is 0 Å². The Morgan fingerprint density at radius 1 is 0.517 bits per heavy atom. The Balaban J connectivity index is 1.51. The van der Waals surface area contributed by atoms with Gasteiger partial charge in [-0.15, -0.1) is 0 Å². The van der Waals surface area contributed by atoms with Gasteiger partial charge >= 0.3 is 0 Å². The van der Waals surface area contributed by atoms with E-state index in [1.54, 1.807) is 0 Å². The molecule has 0 amide bonds. The van der Waals surface area contributed by atoms with E-state index in [2.05, 4.69) is 198 Å². The normalized spacial score (nSPS) is 14.7. The van der Waals surface area contributed by atoms with Crippen molar-refractivity contribution in [1.82, 2.24) is 0 Å². The van der Waals surface area contributed by atoms with Crippen LogP contribution in [0.5, 0.6) is 0 Å². The average molecular weight is 763 g/mol. The highest BCUT2D eigenvalue weighted by Gasteiger charge is 2.36. The van der Waals surface area contributed by atoms with Gasteiger partial charge in [0.25, 0.3) is 0 Å². The number of hydrogen-bond donors (Lipinski definition) is 0. The molecule has 0 radical (unpaired) electrons. The van der Waals surface area contributed by atoms with Gasteiger partial charge in [0.1, 0.15) is 0 Å². The zero-order chi connectivity index (χ0) is 41.5. The zero-order valence-electron chi connectivity index (χ0n) is 37.5. The molecule has 1 unspecified atom stereocenters. The van der Waals surface area contributed by atoms with Gasteiger partial charge in [0, 0.05) is 17.1 Å². The summed E-state index contributed by atoms with van der Waals surface area (Å²) in [6, 6.07) is 30.9. The highest BCUT2D eigenvalue weighted by atomic mass is 15.2. The zero-order valence-corrected chi connectivity index (χ0v) is 37.5. The maximum atomic E-state index is 2.67. The maximum Gasteiger partial charge on any atom is 0.0785 e. The van der Waals surface area contributed by atoms with Crippen molar-refractivity contribution in [2.75, 3.05) is 9.80 Å². The van der Waals surface area contributed by atoms with E-state index in [1.807, 2.05) is 0 Å². The lowest BCUT2D eigenvalue weighted by Crippen LogP contribution is -2.28. The maximum absolute atomic E-state index is 2.67. The largest absolute Gasteiger partial charge is 0.330 e. The highest BCUT2D eigenvalue weighted by Crippen LogP contribution is 2.55. The summed E-state index contributed by atoms with van der Waals surface area (Å²) in [5.41, 5.74) is 28.0. The van der Waals surface area contributed by atoms with Crippen LogP contribution in [0.4, 0.5) is 28.4 Å². The number of allylic oxidation sites excluding steroid dienone is 3. The molecule has 0 N–H and O–H groups in total. The number of aryl methyl sites for hydroxylation is 10. The van der Waals surface area contributed by atoms with E-state index in [0.717, 1.165) is 6.42 Å². The van der Waals surface area contributed by atoms with Crippen molar-refractivity contribution in [2.24, 2.45) is 5.92 Å². The lowest BCUT2D eigenvalue weighted by molar-refractivity contribution is 0.739. The molecule has 0 fully saturated rings. The smallest absolute Gasteiger partial charge is 0.0785 e. The van der Waals surface area contributed by atoms with Gasteiger partial charge in [0.2, 0.25) is 0 Å². The molecule has 2 heteroatoms. The van der Waals surface area contributed by atoms with Crippen LogP contribution < -0.4 is 9.80 Å². The van der Waals surface area contributed by atoms with Crippen molar-refractivity contribution < 1.29 is 0 Å². The summed E-state index contributed by atoms with van der Waals surface area (Å²) >= 11 is 0. The van der Waals surface area contributed by atoms with Crippen LogP contribution in [-0.4, -0.2) is 0 Å². The minimum Gasteiger partial charge on any atom is -0.330 e. The minimum atomic E-state index is 0.00205. The Labute approximate surface area is 348 Å². The predicted octanol–water partition coefficient (Wildman–Crippen LogP) is 15.9. The first-order chi connectivity index (χ1) is 27.5. The van der Waals surface area contributed by atoms with Crippen LogP contribution >= 0.6 is 0 Å². The van der Waals surface area contributed by atoms with Crippen LogP contribution in [0.15, 0.2) is 96.6 Å². The van der Waals surface area contributed by atoms with Crippen LogP contribution in [0.25, 0.3) is 16.3 Å². The third-order valence-corrected chi connectivity index (χ3v) is 13.0. The molecule has 8 rings (SSSR count). The first kappa shape index (κ1) is 39.5. The Hall–Kier alpha value is -5.34. The number of rotatable bonds is 8. The molecule has 296 valence electrons. The van der Waals surface area contributed by atoms with Crippen molar-refractivity contribution >= 4 is 44.8 Å². The molecular weight excluding hydrogens is 701 g/mol. The average Bonchev–Trinajstić information content (AvgIpc) is 3.13. The molecule has 6 aromatic rings. The summed E-state index contributed by atoms with van der Waals surface area (Å²) in [6.45, 7) is 32.1. The minimum absolute atomic E-state index is 0.00205. The van der Waals surface area contributed by atoms with Crippen LogP contribution in [-0.2, 0) is 6.42 Å². The summed E-state index contributed by atoms with van der Waals surface area (Å²) in [5, 5.41) is 2.82. The molecule has 58 heavy (non-hydrogen) atoms. The van der Waals surface area contributed by atoms with Crippen LogP contribution in [0, 0.1) is 75.2 Å². The molecule has 1 atom stereocenters. The van der Waals surface area contributed by atoms with Gasteiger partial charge < -0.3 is 9.80 Å². The van der Waals surface area contributed by atoms with E-state index in [4.69, 9.17) is 0 Å². The van der Waals surface area contributed by atoms with Gasteiger partial charge in [-0.3, -0.25) is 0 Å². The fourth-order valence-corrected chi connectivity index (χ4v) is 10.7. The SMILES string of the molecule is Cc1ccc(N(c2ccc3c(C(C)C)cc4c5c3c2CC(C(C)C)=C5C=CC4N(c2ccc(C)cc2C)c2c(C)cc(C)cc2C)c2c(C)cc(C)cc2C)c(C)c1. The second-order valence-corrected chi connectivity index (χ2v) is 18.4. The molecule has 0 aliphatic heterocycles. The topological polar surface area (TPSA) is 6.48 Å².